The van der Waals surface area contributed by atoms with Crippen molar-refractivity contribution in [3.63, 3.8) is 0 Å². The fraction of sp³-hybridized carbons (Fsp3) is 0.429. The Balaban J connectivity index is 1.54. The maximum atomic E-state index is 12.8. The van der Waals surface area contributed by atoms with Gasteiger partial charge < -0.3 is 0 Å². The van der Waals surface area contributed by atoms with Crippen molar-refractivity contribution in [2.45, 2.75) is 37.6 Å². The van der Waals surface area contributed by atoms with E-state index in [1.165, 1.54) is 5.56 Å². The Kier molecular flexibility index (Phi) is 6.12. The summed E-state index contributed by atoms with van der Waals surface area (Å²) in [5, 5.41) is 0. The third-order valence-corrected chi connectivity index (χ3v) is 7.16. The first-order valence-electron chi connectivity index (χ1n) is 9.31. The minimum atomic E-state index is -3.38. The zero-order chi connectivity index (χ0) is 18.6. The number of piperazine rings is 1. The molecule has 0 bridgehead atoms. The molecule has 1 aliphatic heterocycles. The van der Waals surface area contributed by atoms with E-state index in [9.17, 15) is 8.42 Å². The molecule has 1 heterocycles. The second-order valence-electron chi connectivity index (χ2n) is 7.13. The van der Waals surface area contributed by atoms with Crippen molar-refractivity contribution in [2.75, 3.05) is 26.2 Å². The van der Waals surface area contributed by atoms with Gasteiger partial charge in [-0.3, -0.25) is 4.90 Å². The molecule has 0 aromatic heterocycles. The van der Waals surface area contributed by atoms with Crippen LogP contribution in [0.1, 0.15) is 24.5 Å². The lowest BCUT2D eigenvalue weighted by Crippen LogP contribution is -2.51. The van der Waals surface area contributed by atoms with E-state index in [-0.39, 0.29) is 0 Å². The van der Waals surface area contributed by atoms with Gasteiger partial charge in [-0.15, -0.1) is 0 Å². The molecular formula is C21H28N2O2S. The zero-order valence-electron chi connectivity index (χ0n) is 15.6. The minimum Gasteiger partial charge on any atom is -0.298 e. The Morgan fingerprint density at radius 1 is 0.923 bits per heavy atom. The predicted octanol–water partition coefficient (Wildman–Crippen LogP) is 3.32. The summed E-state index contributed by atoms with van der Waals surface area (Å²) in [7, 11) is -3.38. The van der Waals surface area contributed by atoms with Crippen molar-refractivity contribution in [3.8, 4) is 0 Å². The van der Waals surface area contributed by atoms with Gasteiger partial charge in [-0.05, 0) is 44.4 Å². The van der Waals surface area contributed by atoms with E-state index in [4.69, 9.17) is 0 Å². The maximum Gasteiger partial charge on any atom is 0.243 e. The van der Waals surface area contributed by atoms with Crippen LogP contribution in [0.4, 0.5) is 0 Å². The second kappa shape index (κ2) is 8.33. The van der Waals surface area contributed by atoms with Crippen LogP contribution in [0.5, 0.6) is 0 Å². The molecule has 0 N–H and O–H groups in total. The quantitative estimate of drug-likeness (QED) is 0.781. The maximum absolute atomic E-state index is 12.8. The van der Waals surface area contributed by atoms with Crippen molar-refractivity contribution < 1.29 is 8.42 Å². The number of sulfonamides is 1. The number of benzene rings is 2. The van der Waals surface area contributed by atoms with Crippen molar-refractivity contribution >= 4 is 10.0 Å². The van der Waals surface area contributed by atoms with Gasteiger partial charge in [-0.1, -0.05) is 48.0 Å². The molecule has 1 fully saturated rings. The van der Waals surface area contributed by atoms with Gasteiger partial charge in [0.15, 0.2) is 0 Å². The number of hydrogen-bond donors (Lipinski definition) is 0. The minimum absolute atomic E-state index is 0.397. The summed E-state index contributed by atoms with van der Waals surface area (Å²) >= 11 is 0. The Morgan fingerprint density at radius 2 is 1.54 bits per heavy atom. The zero-order valence-corrected chi connectivity index (χ0v) is 16.5. The van der Waals surface area contributed by atoms with Crippen LogP contribution in [-0.2, 0) is 16.4 Å². The van der Waals surface area contributed by atoms with Crippen LogP contribution in [0.15, 0.2) is 59.5 Å². The fourth-order valence-corrected chi connectivity index (χ4v) is 4.87. The van der Waals surface area contributed by atoms with Gasteiger partial charge in [0.1, 0.15) is 0 Å². The molecule has 5 heteroatoms. The van der Waals surface area contributed by atoms with Gasteiger partial charge in [0.05, 0.1) is 4.90 Å². The highest BCUT2D eigenvalue weighted by molar-refractivity contribution is 7.89. The molecular weight excluding hydrogens is 344 g/mol. The molecule has 2 aromatic carbocycles. The van der Waals surface area contributed by atoms with Gasteiger partial charge in [-0.2, -0.15) is 4.31 Å². The van der Waals surface area contributed by atoms with Crippen molar-refractivity contribution in [1.82, 2.24) is 9.21 Å². The second-order valence-corrected chi connectivity index (χ2v) is 9.06. The standard InChI is InChI=1S/C21H28N2O2S/c1-18-8-12-21(13-9-18)26(24,25)23-16-14-22(15-17-23)19(2)10-11-20-6-4-3-5-7-20/h3-9,12-13,19H,10-11,14-17H2,1-2H3. The molecule has 1 unspecified atom stereocenters. The molecule has 1 atom stereocenters. The lowest BCUT2D eigenvalue weighted by atomic mass is 10.0. The normalized spacial score (nSPS) is 17.9. The van der Waals surface area contributed by atoms with Gasteiger partial charge >= 0.3 is 0 Å². The highest BCUT2D eigenvalue weighted by atomic mass is 32.2. The summed E-state index contributed by atoms with van der Waals surface area (Å²) in [5.74, 6) is 0. The lowest BCUT2D eigenvalue weighted by molar-refractivity contribution is 0.140. The van der Waals surface area contributed by atoms with E-state index in [1.807, 2.05) is 25.1 Å². The Labute approximate surface area is 157 Å². The first kappa shape index (κ1) is 19.1. The monoisotopic (exact) mass is 372 g/mol. The molecule has 1 saturated heterocycles. The predicted molar refractivity (Wildman–Crippen MR) is 106 cm³/mol. The summed E-state index contributed by atoms with van der Waals surface area (Å²) in [6, 6.07) is 18.1. The van der Waals surface area contributed by atoms with Gasteiger partial charge in [0.2, 0.25) is 10.0 Å². The van der Waals surface area contributed by atoms with E-state index >= 15 is 0 Å². The summed E-state index contributed by atoms with van der Waals surface area (Å²) in [5.41, 5.74) is 2.43. The average Bonchev–Trinajstić information content (AvgIpc) is 2.67. The van der Waals surface area contributed by atoms with Crippen LogP contribution in [-0.4, -0.2) is 49.8 Å². The fourth-order valence-electron chi connectivity index (χ4n) is 3.45. The van der Waals surface area contributed by atoms with Gasteiger partial charge in [-0.25, -0.2) is 8.42 Å². The van der Waals surface area contributed by atoms with Crippen LogP contribution in [0.2, 0.25) is 0 Å². The van der Waals surface area contributed by atoms with E-state index in [2.05, 4.69) is 36.1 Å². The number of nitrogens with zero attached hydrogens (tertiary/aromatic N) is 2. The molecule has 1 aliphatic rings. The summed E-state index contributed by atoms with van der Waals surface area (Å²) < 4.78 is 27.2. The van der Waals surface area contributed by atoms with Crippen LogP contribution in [0.25, 0.3) is 0 Å². The topological polar surface area (TPSA) is 40.6 Å². The number of hydrogen-bond acceptors (Lipinski definition) is 3. The van der Waals surface area contributed by atoms with Crippen LogP contribution in [0.3, 0.4) is 0 Å². The molecule has 0 radical (unpaired) electrons. The smallest absolute Gasteiger partial charge is 0.243 e. The number of rotatable bonds is 6. The highest BCUT2D eigenvalue weighted by Gasteiger charge is 2.29. The van der Waals surface area contributed by atoms with Crippen LogP contribution < -0.4 is 0 Å². The first-order valence-corrected chi connectivity index (χ1v) is 10.8. The molecule has 3 rings (SSSR count). The van der Waals surface area contributed by atoms with Crippen molar-refractivity contribution in [1.29, 1.82) is 0 Å². The Hall–Kier alpha value is -1.69. The summed E-state index contributed by atoms with van der Waals surface area (Å²) in [6.07, 6.45) is 2.15. The molecule has 4 nitrogen and oxygen atoms in total. The molecule has 140 valence electrons. The van der Waals surface area contributed by atoms with E-state index in [0.29, 0.717) is 24.0 Å². The largest absolute Gasteiger partial charge is 0.298 e. The van der Waals surface area contributed by atoms with Gasteiger partial charge in [0, 0.05) is 32.2 Å². The molecule has 0 aliphatic carbocycles. The third kappa shape index (κ3) is 4.53. The van der Waals surface area contributed by atoms with Gasteiger partial charge in [0.25, 0.3) is 0 Å². The number of aryl methyl sites for hydroxylation is 2. The molecule has 0 amide bonds. The van der Waals surface area contributed by atoms with Crippen LogP contribution in [0, 0.1) is 6.92 Å². The van der Waals surface area contributed by atoms with Crippen LogP contribution >= 0.6 is 0 Å². The SMILES string of the molecule is Cc1ccc(S(=O)(=O)N2CCN(C(C)CCc3ccccc3)CC2)cc1. The molecule has 0 saturated carbocycles. The Bertz CT molecular complexity index is 796. The summed E-state index contributed by atoms with van der Waals surface area (Å²) in [4.78, 5) is 2.80. The highest BCUT2D eigenvalue weighted by Crippen LogP contribution is 2.20. The van der Waals surface area contributed by atoms with E-state index in [0.717, 1.165) is 31.5 Å². The van der Waals surface area contributed by atoms with Crippen molar-refractivity contribution in [2.24, 2.45) is 0 Å². The molecule has 2 aromatic rings. The molecule has 26 heavy (non-hydrogen) atoms. The van der Waals surface area contributed by atoms with E-state index < -0.39 is 10.0 Å². The van der Waals surface area contributed by atoms with Crippen molar-refractivity contribution in [3.05, 3.63) is 65.7 Å². The summed E-state index contributed by atoms with van der Waals surface area (Å²) in [6.45, 7) is 6.92. The first-order chi connectivity index (χ1) is 12.5. The third-order valence-electron chi connectivity index (χ3n) is 5.25. The molecule has 0 spiro atoms. The van der Waals surface area contributed by atoms with E-state index in [1.54, 1.807) is 16.4 Å². The Morgan fingerprint density at radius 3 is 2.15 bits per heavy atom. The lowest BCUT2D eigenvalue weighted by Gasteiger charge is -2.37. The average molecular weight is 373 g/mol.